The maximum absolute atomic E-state index is 12.0. The molecule has 0 saturated heterocycles. The molecular formula is C10H14N2O3S. The fraction of sp³-hybridized carbons (Fsp3) is 0.300. The smallest absolute Gasteiger partial charge is 0.258 e. The number of non-ortho nitro benzene ring substituents is 1. The van der Waals surface area contributed by atoms with Crippen molar-refractivity contribution in [2.75, 3.05) is 6.54 Å². The SMILES string of the molecule is C=S(=O)(NCCC)c1ccc([N+](=O)[O-])cc1. The highest BCUT2D eigenvalue weighted by molar-refractivity contribution is 7.98. The van der Waals surface area contributed by atoms with Crippen LogP contribution >= 0.6 is 0 Å². The van der Waals surface area contributed by atoms with Gasteiger partial charge in [-0.3, -0.25) is 10.1 Å². The standard InChI is InChI=1S/C10H14N2O3S/c1-3-8-11-16(2,15)10-6-4-9(5-7-10)12(13)14/h4-7H,2-3,8H2,1H3,(H,11,15). The highest BCUT2D eigenvalue weighted by atomic mass is 32.2. The molecule has 88 valence electrons. The largest absolute Gasteiger partial charge is 0.269 e. The molecule has 0 spiro atoms. The first kappa shape index (κ1) is 12.7. The molecule has 1 rings (SSSR count). The van der Waals surface area contributed by atoms with Crippen LogP contribution < -0.4 is 4.72 Å². The molecule has 1 atom stereocenters. The van der Waals surface area contributed by atoms with Gasteiger partial charge < -0.3 is 0 Å². The lowest BCUT2D eigenvalue weighted by molar-refractivity contribution is -0.384. The second kappa shape index (κ2) is 5.09. The van der Waals surface area contributed by atoms with Gasteiger partial charge in [0.25, 0.3) is 5.69 Å². The Morgan fingerprint density at radius 3 is 2.44 bits per heavy atom. The Kier molecular flexibility index (Phi) is 4.03. The number of rotatable bonds is 5. The minimum Gasteiger partial charge on any atom is -0.258 e. The Hall–Kier alpha value is -1.40. The van der Waals surface area contributed by atoms with E-state index >= 15 is 0 Å². The summed E-state index contributed by atoms with van der Waals surface area (Å²) in [6, 6.07) is 5.59. The van der Waals surface area contributed by atoms with Crippen LogP contribution in [0.1, 0.15) is 13.3 Å². The minimum atomic E-state index is -2.54. The van der Waals surface area contributed by atoms with Gasteiger partial charge in [0.2, 0.25) is 0 Å². The van der Waals surface area contributed by atoms with E-state index in [4.69, 9.17) is 0 Å². The van der Waals surface area contributed by atoms with Crippen molar-refractivity contribution in [1.82, 2.24) is 4.72 Å². The van der Waals surface area contributed by atoms with Crippen molar-refractivity contribution in [3.8, 4) is 0 Å². The molecule has 0 fully saturated rings. The van der Waals surface area contributed by atoms with E-state index in [9.17, 15) is 14.3 Å². The van der Waals surface area contributed by atoms with E-state index in [0.29, 0.717) is 11.4 Å². The van der Waals surface area contributed by atoms with E-state index in [1.165, 1.54) is 24.3 Å². The zero-order chi connectivity index (χ0) is 12.2. The van der Waals surface area contributed by atoms with Crippen LogP contribution in [-0.2, 0) is 9.71 Å². The van der Waals surface area contributed by atoms with Gasteiger partial charge in [-0.05, 0) is 24.4 Å². The van der Waals surface area contributed by atoms with Gasteiger partial charge in [-0.15, -0.1) is 0 Å². The van der Waals surface area contributed by atoms with E-state index in [0.717, 1.165) is 6.42 Å². The number of benzene rings is 1. The highest BCUT2D eigenvalue weighted by Crippen LogP contribution is 2.15. The van der Waals surface area contributed by atoms with Crippen LogP contribution in [0.4, 0.5) is 5.69 Å². The first-order valence-corrected chi connectivity index (χ1v) is 6.56. The summed E-state index contributed by atoms with van der Waals surface area (Å²) in [5.74, 6) is 3.60. The van der Waals surface area contributed by atoms with Gasteiger partial charge in [-0.1, -0.05) is 6.92 Å². The Bertz CT molecular complexity index is 465. The molecule has 0 saturated carbocycles. The molecule has 0 aliphatic carbocycles. The van der Waals surface area contributed by atoms with Gasteiger partial charge in [0.1, 0.15) is 0 Å². The van der Waals surface area contributed by atoms with Crippen LogP contribution in [0.15, 0.2) is 29.2 Å². The molecule has 0 amide bonds. The first-order chi connectivity index (χ1) is 7.47. The van der Waals surface area contributed by atoms with Gasteiger partial charge in [0.05, 0.1) is 14.6 Å². The maximum atomic E-state index is 12.0. The lowest BCUT2D eigenvalue weighted by Crippen LogP contribution is -2.24. The van der Waals surface area contributed by atoms with Crippen molar-refractivity contribution in [3.63, 3.8) is 0 Å². The Balaban J connectivity index is 2.93. The van der Waals surface area contributed by atoms with Crippen LogP contribution in [0.25, 0.3) is 0 Å². The number of nitrogens with one attached hydrogen (secondary N) is 1. The summed E-state index contributed by atoms with van der Waals surface area (Å²) in [4.78, 5) is 10.4. The quantitative estimate of drug-likeness (QED) is 0.484. The molecule has 1 N–H and O–H groups in total. The molecule has 5 nitrogen and oxygen atoms in total. The van der Waals surface area contributed by atoms with E-state index in [-0.39, 0.29) is 5.69 Å². The number of nitrogens with zero attached hydrogens (tertiary/aromatic N) is 1. The highest BCUT2D eigenvalue weighted by Gasteiger charge is 2.09. The molecule has 0 aliphatic heterocycles. The molecule has 0 aliphatic rings. The number of nitro benzene ring substituents is 1. The minimum absolute atomic E-state index is 0.0190. The van der Waals surface area contributed by atoms with Gasteiger partial charge in [0, 0.05) is 23.6 Å². The Morgan fingerprint density at radius 1 is 1.44 bits per heavy atom. The van der Waals surface area contributed by atoms with Crippen LogP contribution in [0.3, 0.4) is 0 Å². The molecule has 6 heteroatoms. The van der Waals surface area contributed by atoms with Crippen molar-refractivity contribution in [2.45, 2.75) is 18.2 Å². The summed E-state index contributed by atoms with van der Waals surface area (Å²) in [5.41, 5.74) is -0.0190. The van der Waals surface area contributed by atoms with Crippen molar-refractivity contribution in [1.29, 1.82) is 0 Å². The molecule has 16 heavy (non-hydrogen) atoms. The monoisotopic (exact) mass is 242 g/mol. The average molecular weight is 242 g/mol. The summed E-state index contributed by atoms with van der Waals surface area (Å²) >= 11 is 0. The topological polar surface area (TPSA) is 72.2 Å². The fourth-order valence-corrected chi connectivity index (χ4v) is 2.41. The Morgan fingerprint density at radius 2 is 2.00 bits per heavy atom. The second-order valence-electron chi connectivity index (χ2n) is 3.32. The summed E-state index contributed by atoms with van der Waals surface area (Å²) in [6.45, 7) is 2.55. The predicted octanol–water partition coefficient (Wildman–Crippen LogP) is 1.58. The van der Waals surface area contributed by atoms with E-state index in [1.807, 2.05) is 6.92 Å². The molecular weight excluding hydrogens is 228 g/mol. The first-order valence-electron chi connectivity index (χ1n) is 4.83. The summed E-state index contributed by atoms with van der Waals surface area (Å²) in [7, 11) is -2.54. The summed E-state index contributed by atoms with van der Waals surface area (Å²) < 4.78 is 14.9. The molecule has 0 radical (unpaired) electrons. The van der Waals surface area contributed by atoms with Crippen LogP contribution in [0.5, 0.6) is 0 Å². The zero-order valence-electron chi connectivity index (χ0n) is 9.01. The third-order valence-electron chi connectivity index (χ3n) is 2.01. The molecule has 1 unspecified atom stereocenters. The fourth-order valence-electron chi connectivity index (χ4n) is 1.14. The average Bonchev–Trinajstić information content (AvgIpc) is 2.26. The molecule has 1 aromatic rings. The summed E-state index contributed by atoms with van der Waals surface area (Å²) in [5, 5.41) is 10.4. The van der Waals surface area contributed by atoms with Crippen molar-refractivity contribution in [2.24, 2.45) is 0 Å². The van der Waals surface area contributed by atoms with Gasteiger partial charge >= 0.3 is 0 Å². The number of hydrogen-bond acceptors (Lipinski definition) is 3. The van der Waals surface area contributed by atoms with Crippen molar-refractivity contribution < 1.29 is 9.13 Å². The van der Waals surface area contributed by atoms with Crippen LogP contribution in [0.2, 0.25) is 0 Å². The van der Waals surface area contributed by atoms with E-state index < -0.39 is 14.6 Å². The normalized spacial score (nSPS) is 14.3. The Labute approximate surface area is 94.8 Å². The van der Waals surface area contributed by atoms with Crippen molar-refractivity contribution in [3.05, 3.63) is 34.4 Å². The predicted molar refractivity (Wildman–Crippen MR) is 64.9 cm³/mol. The van der Waals surface area contributed by atoms with Crippen LogP contribution in [-0.4, -0.2) is 21.5 Å². The zero-order valence-corrected chi connectivity index (χ0v) is 9.83. The van der Waals surface area contributed by atoms with Gasteiger partial charge in [0.15, 0.2) is 0 Å². The molecule has 1 aromatic carbocycles. The lowest BCUT2D eigenvalue weighted by atomic mass is 10.3. The second-order valence-corrected chi connectivity index (χ2v) is 5.43. The summed E-state index contributed by atoms with van der Waals surface area (Å²) in [6.07, 6.45) is 0.847. The maximum Gasteiger partial charge on any atom is 0.269 e. The van der Waals surface area contributed by atoms with Gasteiger partial charge in [-0.25, -0.2) is 8.93 Å². The van der Waals surface area contributed by atoms with Gasteiger partial charge in [-0.2, -0.15) is 0 Å². The lowest BCUT2D eigenvalue weighted by Gasteiger charge is -2.10. The van der Waals surface area contributed by atoms with Crippen LogP contribution in [0, 0.1) is 10.1 Å². The third-order valence-corrected chi connectivity index (χ3v) is 3.72. The molecule has 0 aromatic heterocycles. The van der Waals surface area contributed by atoms with Crippen molar-refractivity contribution >= 4 is 21.3 Å². The van der Waals surface area contributed by atoms with E-state index in [2.05, 4.69) is 10.6 Å². The van der Waals surface area contributed by atoms with E-state index in [1.54, 1.807) is 0 Å². The molecule has 0 heterocycles. The third kappa shape index (κ3) is 3.04. The number of hydrogen-bond donors (Lipinski definition) is 1. The molecule has 0 bridgehead atoms. The number of nitro groups is 1.